The van der Waals surface area contributed by atoms with E-state index in [0.29, 0.717) is 29.4 Å². The average molecular weight is 404 g/mol. The van der Waals surface area contributed by atoms with Crippen LogP contribution in [-0.2, 0) is 9.59 Å². The molecule has 0 spiro atoms. The summed E-state index contributed by atoms with van der Waals surface area (Å²) in [6.07, 6.45) is 0.188. The molecule has 8 heteroatoms. The van der Waals surface area contributed by atoms with E-state index >= 15 is 0 Å². The van der Waals surface area contributed by atoms with Gasteiger partial charge in [0, 0.05) is 25.1 Å². The van der Waals surface area contributed by atoms with Crippen molar-refractivity contribution in [1.82, 2.24) is 4.90 Å². The van der Waals surface area contributed by atoms with Crippen LogP contribution in [0.5, 0.6) is 11.5 Å². The Kier molecular flexibility index (Phi) is 5.65. The van der Waals surface area contributed by atoms with Gasteiger partial charge in [0.1, 0.15) is 0 Å². The Labute approximate surface area is 169 Å². The van der Waals surface area contributed by atoms with E-state index in [2.05, 4.69) is 5.32 Å². The molecular formula is C20H22ClN3O4. The molecule has 2 atom stereocenters. The summed E-state index contributed by atoms with van der Waals surface area (Å²) in [6, 6.07) is 13.0. The van der Waals surface area contributed by atoms with E-state index in [1.54, 1.807) is 17.0 Å². The first-order chi connectivity index (χ1) is 13.0. The van der Waals surface area contributed by atoms with E-state index in [1.165, 1.54) is 0 Å². The van der Waals surface area contributed by atoms with Gasteiger partial charge in [0.25, 0.3) is 0 Å². The van der Waals surface area contributed by atoms with E-state index < -0.39 is 5.92 Å². The zero-order valence-electron chi connectivity index (χ0n) is 15.4. The van der Waals surface area contributed by atoms with Crippen LogP contribution >= 0.6 is 12.4 Å². The van der Waals surface area contributed by atoms with Crippen molar-refractivity contribution in [3.8, 4) is 11.5 Å². The number of benzene rings is 2. The number of carbonyl (C=O) groups is 2. The molecule has 7 nitrogen and oxygen atoms in total. The molecule has 0 bridgehead atoms. The molecule has 3 N–H and O–H groups in total. The Morgan fingerprint density at radius 2 is 1.89 bits per heavy atom. The van der Waals surface area contributed by atoms with Crippen LogP contribution in [0, 0.1) is 5.92 Å². The Balaban J connectivity index is 0.00000225. The van der Waals surface area contributed by atoms with Gasteiger partial charge in [-0.1, -0.05) is 30.3 Å². The normalized spacial score (nSPS) is 18.5. The van der Waals surface area contributed by atoms with Crippen molar-refractivity contribution in [1.29, 1.82) is 0 Å². The van der Waals surface area contributed by atoms with Gasteiger partial charge in [-0.25, -0.2) is 0 Å². The monoisotopic (exact) mass is 403 g/mol. The number of ether oxygens (including phenoxy) is 2. The maximum Gasteiger partial charge on any atom is 0.231 e. The SMILES string of the molecule is CC(c1ccccc1)N1CC(C(=O)Nc2cc3c(cc2N)OCO3)CC1=O.Cl. The second-order valence-electron chi connectivity index (χ2n) is 6.82. The van der Waals surface area contributed by atoms with Gasteiger partial charge in [0.2, 0.25) is 18.6 Å². The van der Waals surface area contributed by atoms with Crippen molar-refractivity contribution in [2.45, 2.75) is 19.4 Å². The molecule has 148 valence electrons. The van der Waals surface area contributed by atoms with Crippen LogP contribution in [0.1, 0.15) is 24.9 Å². The number of halogens is 1. The van der Waals surface area contributed by atoms with Gasteiger partial charge in [-0.2, -0.15) is 0 Å². The number of hydrogen-bond acceptors (Lipinski definition) is 5. The number of amides is 2. The molecule has 28 heavy (non-hydrogen) atoms. The van der Waals surface area contributed by atoms with Gasteiger partial charge in [-0.05, 0) is 12.5 Å². The Bertz CT molecular complexity index is 891. The van der Waals surface area contributed by atoms with Crippen LogP contribution in [0.25, 0.3) is 0 Å². The first-order valence-electron chi connectivity index (χ1n) is 8.87. The van der Waals surface area contributed by atoms with E-state index in [0.717, 1.165) is 5.56 Å². The molecule has 2 aliphatic heterocycles. The smallest absolute Gasteiger partial charge is 0.231 e. The molecule has 0 radical (unpaired) electrons. The molecule has 2 heterocycles. The molecule has 0 aliphatic carbocycles. The number of nitrogen functional groups attached to an aromatic ring is 1. The van der Waals surface area contributed by atoms with Gasteiger partial charge in [0.15, 0.2) is 11.5 Å². The molecule has 2 aromatic rings. The number of fused-ring (bicyclic) bond motifs is 1. The Morgan fingerprint density at radius 1 is 1.21 bits per heavy atom. The number of carbonyl (C=O) groups excluding carboxylic acids is 2. The summed E-state index contributed by atoms with van der Waals surface area (Å²) in [4.78, 5) is 26.9. The zero-order valence-corrected chi connectivity index (χ0v) is 16.2. The van der Waals surface area contributed by atoms with Crippen LogP contribution in [-0.4, -0.2) is 30.1 Å². The number of rotatable bonds is 4. The lowest BCUT2D eigenvalue weighted by Gasteiger charge is -2.25. The number of hydrogen-bond donors (Lipinski definition) is 2. The quantitative estimate of drug-likeness (QED) is 0.765. The molecule has 4 rings (SSSR count). The second kappa shape index (κ2) is 7.98. The van der Waals surface area contributed by atoms with Gasteiger partial charge >= 0.3 is 0 Å². The Hall–Kier alpha value is -2.93. The fraction of sp³-hybridized carbons (Fsp3) is 0.300. The van der Waals surface area contributed by atoms with Crippen molar-refractivity contribution >= 4 is 35.6 Å². The van der Waals surface area contributed by atoms with Gasteiger partial charge in [0.05, 0.1) is 23.3 Å². The van der Waals surface area contributed by atoms with Gasteiger partial charge in [-0.3, -0.25) is 9.59 Å². The van der Waals surface area contributed by atoms with E-state index in [-0.39, 0.29) is 43.5 Å². The lowest BCUT2D eigenvalue weighted by Crippen LogP contribution is -2.30. The summed E-state index contributed by atoms with van der Waals surface area (Å²) in [5, 5.41) is 2.82. The highest BCUT2D eigenvalue weighted by atomic mass is 35.5. The number of nitrogens with one attached hydrogen (secondary N) is 1. The third-order valence-corrected chi connectivity index (χ3v) is 5.08. The third kappa shape index (κ3) is 3.71. The Morgan fingerprint density at radius 3 is 2.61 bits per heavy atom. The first kappa shape index (κ1) is 19.8. The summed E-state index contributed by atoms with van der Waals surface area (Å²) >= 11 is 0. The highest BCUT2D eigenvalue weighted by Crippen LogP contribution is 2.38. The molecule has 2 unspecified atom stereocenters. The molecule has 0 saturated carbocycles. The molecule has 0 aromatic heterocycles. The number of anilines is 2. The zero-order chi connectivity index (χ0) is 19.0. The van der Waals surface area contributed by atoms with Crippen LogP contribution in [0.3, 0.4) is 0 Å². The molecule has 1 fully saturated rings. The summed E-state index contributed by atoms with van der Waals surface area (Å²) in [7, 11) is 0. The molecule has 1 saturated heterocycles. The van der Waals surface area contributed by atoms with Crippen LogP contribution in [0.2, 0.25) is 0 Å². The summed E-state index contributed by atoms with van der Waals surface area (Å²) in [5.41, 5.74) is 7.90. The number of nitrogens with zero attached hydrogens (tertiary/aromatic N) is 1. The van der Waals surface area contributed by atoms with Crippen molar-refractivity contribution in [2.24, 2.45) is 5.92 Å². The van der Waals surface area contributed by atoms with Crippen molar-refractivity contribution in [2.75, 3.05) is 24.4 Å². The van der Waals surface area contributed by atoms with Gasteiger partial charge < -0.3 is 25.4 Å². The largest absolute Gasteiger partial charge is 0.454 e. The predicted octanol–water partition coefficient (Wildman–Crippen LogP) is 2.97. The lowest BCUT2D eigenvalue weighted by atomic mass is 10.1. The fourth-order valence-corrected chi connectivity index (χ4v) is 3.49. The van der Waals surface area contributed by atoms with Crippen molar-refractivity contribution in [3.05, 3.63) is 48.0 Å². The van der Waals surface area contributed by atoms with Crippen LogP contribution in [0.4, 0.5) is 11.4 Å². The molecular weight excluding hydrogens is 382 g/mol. The topological polar surface area (TPSA) is 93.9 Å². The molecule has 2 aliphatic rings. The predicted molar refractivity (Wildman–Crippen MR) is 108 cm³/mol. The van der Waals surface area contributed by atoms with E-state index in [4.69, 9.17) is 15.2 Å². The minimum absolute atomic E-state index is 0. The van der Waals surface area contributed by atoms with Crippen LogP contribution < -0.4 is 20.5 Å². The first-order valence-corrected chi connectivity index (χ1v) is 8.87. The van der Waals surface area contributed by atoms with E-state index in [9.17, 15) is 9.59 Å². The minimum atomic E-state index is -0.423. The summed E-state index contributed by atoms with van der Waals surface area (Å²) < 4.78 is 10.6. The van der Waals surface area contributed by atoms with Gasteiger partial charge in [-0.15, -0.1) is 12.4 Å². The lowest BCUT2D eigenvalue weighted by molar-refractivity contribution is -0.129. The molecule has 2 amide bonds. The molecule has 2 aromatic carbocycles. The summed E-state index contributed by atoms with van der Waals surface area (Å²) in [5.74, 6) is 0.432. The number of nitrogens with two attached hydrogens (primary N) is 1. The summed E-state index contributed by atoms with van der Waals surface area (Å²) in [6.45, 7) is 2.49. The standard InChI is InChI=1S/C20H21N3O4.ClH/c1-12(13-5-3-2-4-6-13)23-10-14(7-19(23)24)20(25)22-16-9-18-17(8-15(16)21)26-11-27-18;/h2-6,8-9,12,14H,7,10-11,21H2,1H3,(H,22,25);1H. The van der Waals surface area contributed by atoms with Crippen molar-refractivity contribution in [3.63, 3.8) is 0 Å². The second-order valence-corrected chi connectivity index (χ2v) is 6.82. The average Bonchev–Trinajstić information content (AvgIpc) is 3.28. The van der Waals surface area contributed by atoms with Crippen LogP contribution in [0.15, 0.2) is 42.5 Å². The van der Waals surface area contributed by atoms with Crippen molar-refractivity contribution < 1.29 is 19.1 Å². The van der Waals surface area contributed by atoms with E-state index in [1.807, 2.05) is 37.3 Å². The number of likely N-dealkylation sites (tertiary alicyclic amines) is 1. The minimum Gasteiger partial charge on any atom is -0.454 e. The highest BCUT2D eigenvalue weighted by molar-refractivity contribution is 5.99. The highest BCUT2D eigenvalue weighted by Gasteiger charge is 2.37. The maximum absolute atomic E-state index is 12.7. The fourth-order valence-electron chi connectivity index (χ4n) is 3.49. The maximum atomic E-state index is 12.7. The third-order valence-electron chi connectivity index (χ3n) is 5.08.